The molecule has 0 bridgehead atoms. The van der Waals surface area contributed by atoms with Gasteiger partial charge in [0.1, 0.15) is 42.6 Å². The summed E-state index contributed by atoms with van der Waals surface area (Å²) in [4.78, 5) is 71.1. The van der Waals surface area contributed by atoms with Gasteiger partial charge < -0.3 is 39.2 Å². The number of methoxy groups -OCH3 is 3. The van der Waals surface area contributed by atoms with Crippen LogP contribution in [-0.4, -0.2) is 146 Å². The molecule has 1 aliphatic carbocycles. The lowest BCUT2D eigenvalue weighted by Gasteiger charge is -2.38. The van der Waals surface area contributed by atoms with Gasteiger partial charge in [-0.25, -0.2) is 9.48 Å². The predicted octanol–water partition coefficient (Wildman–Crippen LogP) is 5.68. The molecule has 69 heavy (non-hydrogen) atoms. The number of carbonyl (C=O) groups excluding carboxylic acids is 5. The van der Waals surface area contributed by atoms with Gasteiger partial charge in [0, 0.05) is 52.6 Å². The molecule has 3 heterocycles. The molecule has 386 valence electrons. The molecule has 3 aliphatic rings. The highest BCUT2D eigenvalue weighted by molar-refractivity contribution is 6.38. The average molecular weight is 968 g/mol. The van der Waals surface area contributed by atoms with E-state index in [9.17, 15) is 39.3 Å². The number of nitrogens with zero attached hydrogens (tertiary/aromatic N) is 5. The molecule has 0 aromatic carbocycles. The highest BCUT2D eigenvalue weighted by Crippen LogP contribution is 2.38. The van der Waals surface area contributed by atoms with Gasteiger partial charge in [0.15, 0.2) is 5.78 Å². The van der Waals surface area contributed by atoms with Crippen molar-refractivity contribution in [2.45, 2.75) is 180 Å². The van der Waals surface area contributed by atoms with Gasteiger partial charge in [-0.1, -0.05) is 71.1 Å². The summed E-state index contributed by atoms with van der Waals surface area (Å²) in [5, 5.41) is 45.4. The molecule has 15 atom stereocenters. The molecule has 1 aromatic heterocycles. The fourth-order valence-corrected chi connectivity index (χ4v) is 10.2. The Morgan fingerprint density at radius 3 is 2.23 bits per heavy atom. The zero-order chi connectivity index (χ0) is 50.9. The van der Waals surface area contributed by atoms with Crippen LogP contribution in [0.5, 0.6) is 0 Å². The van der Waals surface area contributed by atoms with Crippen LogP contribution in [0.3, 0.4) is 0 Å². The highest BCUT2D eigenvalue weighted by atomic mass is 16.5. The van der Waals surface area contributed by atoms with Crippen LogP contribution in [0.1, 0.15) is 132 Å². The molecule has 1 saturated carbocycles. The van der Waals surface area contributed by atoms with Gasteiger partial charge in [0.2, 0.25) is 5.78 Å². The number of amides is 1. The molecular formula is C52H81N5O12. The fraction of sp³-hybridized carbons (Fsp3) is 0.731. The maximum absolute atomic E-state index is 14.4. The largest absolute Gasteiger partial charge is 0.460 e. The number of piperidine rings is 1. The molecule has 4 rings (SSSR count). The van der Waals surface area contributed by atoms with Crippen LogP contribution in [0.25, 0.3) is 0 Å². The number of fused-ring (bicyclic) bond motifs is 1. The molecule has 2 fully saturated rings. The second-order valence-corrected chi connectivity index (χ2v) is 20.2. The molecule has 0 radical (unpaired) electrons. The monoisotopic (exact) mass is 968 g/mol. The number of hydrogen-bond donors (Lipinski definition) is 3. The number of hydrogen-bond acceptors (Lipinski definition) is 15. The molecule has 17 nitrogen and oxygen atoms in total. The number of aromatic nitrogens is 4. The summed E-state index contributed by atoms with van der Waals surface area (Å²) in [6.07, 6.45) is 11.5. The second-order valence-electron chi connectivity index (χ2n) is 20.2. The van der Waals surface area contributed by atoms with E-state index >= 15 is 0 Å². The van der Waals surface area contributed by atoms with Crippen LogP contribution in [0, 0.1) is 35.5 Å². The lowest BCUT2D eigenvalue weighted by atomic mass is 9.77. The summed E-state index contributed by atoms with van der Waals surface area (Å²) in [5.74, 6) is -5.33. The quantitative estimate of drug-likeness (QED) is 0.170. The van der Waals surface area contributed by atoms with Gasteiger partial charge in [-0.3, -0.25) is 19.2 Å². The van der Waals surface area contributed by atoms with Crippen molar-refractivity contribution in [3.05, 3.63) is 53.9 Å². The van der Waals surface area contributed by atoms with Crippen LogP contribution in [0.4, 0.5) is 0 Å². The first-order chi connectivity index (χ1) is 32.8. The van der Waals surface area contributed by atoms with Gasteiger partial charge in [0.25, 0.3) is 5.91 Å². The van der Waals surface area contributed by atoms with Crippen molar-refractivity contribution in [2.75, 3.05) is 27.9 Å². The van der Waals surface area contributed by atoms with Crippen molar-refractivity contribution in [3.63, 3.8) is 0 Å². The minimum Gasteiger partial charge on any atom is -0.460 e. The summed E-state index contributed by atoms with van der Waals surface area (Å²) < 4.78 is 25.2. The number of aliphatic hydroxyl groups is 3. The van der Waals surface area contributed by atoms with Crippen molar-refractivity contribution in [3.8, 4) is 0 Å². The topological polar surface area (TPSA) is 230 Å². The predicted molar refractivity (Wildman–Crippen MR) is 258 cm³/mol. The van der Waals surface area contributed by atoms with Gasteiger partial charge in [-0.15, -0.1) is 5.10 Å². The lowest BCUT2D eigenvalue weighted by molar-refractivity contribution is -0.167. The number of cyclic esters (lactones) is 1. The maximum atomic E-state index is 14.4. The van der Waals surface area contributed by atoms with E-state index in [1.54, 1.807) is 52.1 Å². The van der Waals surface area contributed by atoms with E-state index < -0.39 is 78.1 Å². The summed E-state index contributed by atoms with van der Waals surface area (Å²) in [7, 11) is 4.59. The molecule has 1 saturated heterocycles. The van der Waals surface area contributed by atoms with Crippen molar-refractivity contribution in [1.82, 2.24) is 25.1 Å². The number of rotatable bonds is 7. The van der Waals surface area contributed by atoms with Crippen LogP contribution >= 0.6 is 0 Å². The van der Waals surface area contributed by atoms with Crippen LogP contribution in [-0.2, 0) is 42.9 Å². The van der Waals surface area contributed by atoms with E-state index in [1.807, 2.05) is 58.1 Å². The van der Waals surface area contributed by atoms with Crippen molar-refractivity contribution in [2.24, 2.45) is 35.5 Å². The number of Topliss-reactive ketones (excluding diaryl/α,β-unsaturated/α-hetero) is 3. The minimum atomic E-state index is -1.66. The Morgan fingerprint density at radius 1 is 0.826 bits per heavy atom. The molecule has 1 aromatic rings. The first-order valence-corrected chi connectivity index (χ1v) is 25.0. The number of ether oxygens (including phenoxy) is 4. The molecule has 3 N–H and O–H groups in total. The zero-order valence-corrected chi connectivity index (χ0v) is 42.6. The first-order valence-electron chi connectivity index (χ1n) is 25.0. The molecule has 0 unspecified atom stereocenters. The third-order valence-electron chi connectivity index (χ3n) is 14.7. The average Bonchev–Trinajstić information content (AvgIpc) is 3.88. The number of aliphatic hydroxyl groups excluding tert-OH is 3. The normalized spacial score (nSPS) is 37.2. The lowest BCUT2D eigenvalue weighted by Crippen LogP contribution is -2.54. The Balaban J connectivity index is 1.64. The van der Waals surface area contributed by atoms with Gasteiger partial charge >= 0.3 is 5.97 Å². The molecule has 0 spiro atoms. The Labute approximate surface area is 409 Å². The smallest absolute Gasteiger partial charge is 0.329 e. The minimum absolute atomic E-state index is 0.0164. The molecule has 17 heteroatoms. The van der Waals surface area contributed by atoms with Crippen molar-refractivity contribution < 1.29 is 58.2 Å². The Kier molecular flexibility index (Phi) is 23.2. The van der Waals surface area contributed by atoms with E-state index in [0.29, 0.717) is 37.7 Å². The second kappa shape index (κ2) is 28.0. The highest BCUT2D eigenvalue weighted by Gasteiger charge is 2.42. The Morgan fingerprint density at radius 2 is 1.57 bits per heavy atom. The molecule has 2 aliphatic heterocycles. The van der Waals surface area contributed by atoms with E-state index in [1.165, 1.54) is 12.0 Å². The molecule has 1 amide bonds. The summed E-state index contributed by atoms with van der Waals surface area (Å²) >= 11 is 0. The van der Waals surface area contributed by atoms with Crippen molar-refractivity contribution in [1.29, 1.82) is 0 Å². The summed E-state index contributed by atoms with van der Waals surface area (Å²) in [6.45, 7) is 12.7. The standard InChI is InChI=1S/C52H81N5O12/c1-31-16-12-11-13-17-32(2)43(66-8)28-39(58)21-19-33(3)46(60)49(63)51(64)56-23-15-14-18-41(56)52(65)69-44(35(5)26-38-20-22-40(45(27-38)67-9)57-30-53-54-55-57)29-42(59)34(4)25-37(7)48(62)50(68-10)47(61)36(6)24-31/h11-13,16-17,25,30-31,33-36,38-41,43-46,48,50,58,60,62H,14-15,18-24,26-29H2,1-10H3/b13-11+,16-12-,32-17+,37-25+/t31-,33-,34-,35-,36-,38+,39+,40+,41-,43+,44-,45-,46+,48-,50+/m1/s1. The SMILES string of the molecule is CO[C@H]1C[C@@H](O)CC[C@@H](C)[C@H](O)C(=O)C(=O)N2CCCC[C@@H]2C(=O)O[C@@H]([C@H](C)C[C@@H]2CC[C@H](n3cnnn3)[C@H](OC)C2)CC(=O)[C@H](C)/C=C(\C)[C@@H](O)[C@@H](OC)C(=O)[C@H](C)C[C@H](C)\C=C/C=C/C=C/1C. The summed E-state index contributed by atoms with van der Waals surface area (Å²) in [5.41, 5.74) is 1.26. The third-order valence-corrected chi connectivity index (χ3v) is 14.7. The number of allylic oxidation sites excluding steroid dienone is 6. The number of carbonyl (C=O) groups is 5. The first kappa shape index (κ1) is 57.3. The van der Waals surface area contributed by atoms with E-state index in [4.69, 9.17) is 18.9 Å². The van der Waals surface area contributed by atoms with Crippen molar-refractivity contribution >= 4 is 29.2 Å². The van der Waals surface area contributed by atoms with Crippen LogP contribution in [0.15, 0.2) is 53.9 Å². The Bertz CT molecular complexity index is 1950. The van der Waals surface area contributed by atoms with Gasteiger partial charge in [-0.05, 0) is 123 Å². The molecular weight excluding hydrogens is 887 g/mol. The van der Waals surface area contributed by atoms with Crippen LogP contribution in [0.2, 0.25) is 0 Å². The van der Waals surface area contributed by atoms with E-state index in [0.717, 1.165) is 18.4 Å². The maximum Gasteiger partial charge on any atom is 0.329 e. The zero-order valence-electron chi connectivity index (χ0n) is 42.6. The van der Waals surface area contributed by atoms with Crippen LogP contribution < -0.4 is 0 Å². The van der Waals surface area contributed by atoms with E-state index in [-0.39, 0.29) is 80.1 Å². The number of esters is 1. The fourth-order valence-electron chi connectivity index (χ4n) is 10.2. The number of ketones is 3. The summed E-state index contributed by atoms with van der Waals surface area (Å²) in [6, 6.07) is -1.17. The third kappa shape index (κ3) is 16.4. The Hall–Kier alpha value is -4.26. The van der Waals surface area contributed by atoms with Gasteiger partial charge in [0.05, 0.1) is 24.4 Å². The number of tetrazole rings is 1. The van der Waals surface area contributed by atoms with Gasteiger partial charge in [-0.2, -0.15) is 0 Å². The van der Waals surface area contributed by atoms with E-state index in [2.05, 4.69) is 15.5 Å².